The Bertz CT molecular complexity index is 1220. The van der Waals surface area contributed by atoms with Gasteiger partial charge in [-0.25, -0.2) is 8.42 Å². The number of nitrogens with zero attached hydrogens (tertiary/aromatic N) is 4. The average molecular weight is 482 g/mol. The Labute approximate surface area is 199 Å². The molecule has 1 fully saturated rings. The summed E-state index contributed by atoms with van der Waals surface area (Å²) in [6.07, 6.45) is 4.69. The Morgan fingerprint density at radius 1 is 0.941 bits per heavy atom. The van der Waals surface area contributed by atoms with E-state index in [1.165, 1.54) is 12.1 Å². The predicted octanol–water partition coefficient (Wildman–Crippen LogP) is 4.27. The summed E-state index contributed by atoms with van der Waals surface area (Å²) in [5.74, 6) is 0.592. The van der Waals surface area contributed by atoms with Crippen molar-refractivity contribution in [2.45, 2.75) is 37.0 Å². The number of aromatic nitrogens is 2. The molecule has 10 heteroatoms. The largest absolute Gasteiger partial charge is 0.368 e. The quantitative estimate of drug-likeness (QED) is 0.377. The molecule has 2 heterocycles. The molecule has 178 valence electrons. The van der Waals surface area contributed by atoms with Crippen molar-refractivity contribution in [2.24, 2.45) is 0 Å². The van der Waals surface area contributed by atoms with E-state index in [1.54, 1.807) is 40.7 Å². The SMILES string of the molecule is O=[N+]([O-])c1cccc(-c2ccc(NCCc3ccc(S(=O)(=O)N4CCCCCC4)cc3)nn2)c1. The summed E-state index contributed by atoms with van der Waals surface area (Å²) in [6.45, 7) is 1.78. The molecule has 4 rings (SSSR count). The van der Waals surface area contributed by atoms with Crippen molar-refractivity contribution in [1.82, 2.24) is 14.5 Å². The van der Waals surface area contributed by atoms with Crippen LogP contribution in [-0.2, 0) is 16.4 Å². The number of anilines is 1. The Morgan fingerprint density at radius 2 is 1.68 bits per heavy atom. The van der Waals surface area contributed by atoms with Crippen molar-refractivity contribution in [3.63, 3.8) is 0 Å². The van der Waals surface area contributed by atoms with E-state index in [9.17, 15) is 18.5 Å². The first kappa shape index (κ1) is 23.8. The van der Waals surface area contributed by atoms with Crippen molar-refractivity contribution in [2.75, 3.05) is 25.0 Å². The average Bonchev–Trinajstić information content (AvgIpc) is 3.15. The summed E-state index contributed by atoms with van der Waals surface area (Å²) in [7, 11) is -3.44. The van der Waals surface area contributed by atoms with E-state index in [2.05, 4.69) is 15.5 Å². The third kappa shape index (κ3) is 5.75. The molecule has 0 amide bonds. The van der Waals surface area contributed by atoms with Gasteiger partial charge in [0.1, 0.15) is 5.82 Å². The smallest absolute Gasteiger partial charge is 0.270 e. The third-order valence-electron chi connectivity index (χ3n) is 5.86. The molecule has 0 aliphatic carbocycles. The number of nitrogens with one attached hydrogen (secondary N) is 1. The van der Waals surface area contributed by atoms with E-state index in [1.807, 2.05) is 12.1 Å². The molecule has 34 heavy (non-hydrogen) atoms. The maximum absolute atomic E-state index is 12.9. The minimum absolute atomic E-state index is 0.00625. The number of sulfonamides is 1. The van der Waals surface area contributed by atoms with Gasteiger partial charge in [0.15, 0.2) is 0 Å². The van der Waals surface area contributed by atoms with Crippen LogP contribution in [0.4, 0.5) is 11.5 Å². The van der Waals surface area contributed by atoms with Crippen molar-refractivity contribution in [1.29, 1.82) is 0 Å². The van der Waals surface area contributed by atoms with Gasteiger partial charge in [0, 0.05) is 37.3 Å². The standard InChI is InChI=1S/C24H27N5O4S/c30-29(31)21-7-5-6-20(18-21)23-12-13-24(27-26-23)25-15-14-19-8-10-22(11-9-19)34(32,33)28-16-3-1-2-4-17-28/h5-13,18H,1-4,14-17H2,(H,25,27). The third-order valence-corrected chi connectivity index (χ3v) is 7.78. The van der Waals surface area contributed by atoms with Crippen molar-refractivity contribution in [3.05, 3.63) is 76.3 Å². The van der Waals surface area contributed by atoms with Crippen LogP contribution in [0.2, 0.25) is 0 Å². The predicted molar refractivity (Wildman–Crippen MR) is 130 cm³/mol. The number of non-ortho nitro benzene ring substituents is 1. The molecular formula is C24H27N5O4S. The van der Waals surface area contributed by atoms with Gasteiger partial charge in [0.05, 0.1) is 15.5 Å². The lowest BCUT2D eigenvalue weighted by molar-refractivity contribution is -0.384. The molecule has 9 nitrogen and oxygen atoms in total. The van der Waals surface area contributed by atoms with Gasteiger partial charge in [-0.2, -0.15) is 4.31 Å². The molecule has 0 saturated carbocycles. The summed E-state index contributed by atoms with van der Waals surface area (Å²) in [4.78, 5) is 10.9. The van der Waals surface area contributed by atoms with Crippen molar-refractivity contribution in [3.8, 4) is 11.3 Å². The maximum Gasteiger partial charge on any atom is 0.270 e. The van der Waals surface area contributed by atoms with Gasteiger partial charge in [-0.3, -0.25) is 10.1 Å². The first-order valence-corrected chi connectivity index (χ1v) is 12.8. The van der Waals surface area contributed by atoms with E-state index in [-0.39, 0.29) is 5.69 Å². The lowest BCUT2D eigenvalue weighted by Crippen LogP contribution is -2.31. The van der Waals surface area contributed by atoms with Crippen LogP contribution in [0.1, 0.15) is 31.2 Å². The summed E-state index contributed by atoms with van der Waals surface area (Å²) >= 11 is 0. The summed E-state index contributed by atoms with van der Waals surface area (Å²) in [6, 6.07) is 16.9. The number of rotatable bonds is 8. The van der Waals surface area contributed by atoms with E-state index in [0.29, 0.717) is 48.0 Å². The number of hydrogen-bond donors (Lipinski definition) is 1. The molecule has 1 saturated heterocycles. The van der Waals surface area contributed by atoms with Gasteiger partial charge in [0.2, 0.25) is 10.0 Å². The fourth-order valence-electron chi connectivity index (χ4n) is 3.95. The fraction of sp³-hybridized carbons (Fsp3) is 0.333. The van der Waals surface area contributed by atoms with Gasteiger partial charge in [-0.1, -0.05) is 37.1 Å². The van der Waals surface area contributed by atoms with Crippen LogP contribution in [0, 0.1) is 10.1 Å². The maximum atomic E-state index is 12.9. The minimum Gasteiger partial charge on any atom is -0.368 e. The lowest BCUT2D eigenvalue weighted by atomic mass is 10.1. The summed E-state index contributed by atoms with van der Waals surface area (Å²) < 4.78 is 27.4. The topological polar surface area (TPSA) is 118 Å². The second kappa shape index (κ2) is 10.7. The summed E-state index contributed by atoms with van der Waals surface area (Å²) in [5, 5.41) is 22.5. The van der Waals surface area contributed by atoms with E-state index in [0.717, 1.165) is 31.2 Å². The highest BCUT2D eigenvalue weighted by atomic mass is 32.2. The van der Waals surface area contributed by atoms with Crippen LogP contribution < -0.4 is 5.32 Å². The Morgan fingerprint density at radius 3 is 2.32 bits per heavy atom. The lowest BCUT2D eigenvalue weighted by Gasteiger charge is -2.20. The number of nitro benzene ring substituents is 1. The normalized spacial score (nSPS) is 14.9. The summed E-state index contributed by atoms with van der Waals surface area (Å²) in [5.41, 5.74) is 2.20. The van der Waals surface area contributed by atoms with Crippen LogP contribution in [-0.4, -0.2) is 47.5 Å². The minimum atomic E-state index is -3.44. The van der Waals surface area contributed by atoms with Gasteiger partial charge in [0.25, 0.3) is 5.69 Å². The second-order valence-electron chi connectivity index (χ2n) is 8.25. The van der Waals surface area contributed by atoms with Gasteiger partial charge < -0.3 is 5.32 Å². The van der Waals surface area contributed by atoms with Crippen LogP contribution in [0.25, 0.3) is 11.3 Å². The highest BCUT2D eigenvalue weighted by Gasteiger charge is 2.24. The first-order chi connectivity index (χ1) is 16.4. The number of hydrogen-bond acceptors (Lipinski definition) is 7. The van der Waals surface area contributed by atoms with E-state index < -0.39 is 14.9 Å². The van der Waals surface area contributed by atoms with Crippen LogP contribution in [0.3, 0.4) is 0 Å². The molecule has 1 aromatic heterocycles. The van der Waals surface area contributed by atoms with Crippen molar-refractivity contribution < 1.29 is 13.3 Å². The van der Waals surface area contributed by atoms with Crippen molar-refractivity contribution >= 4 is 21.5 Å². The van der Waals surface area contributed by atoms with Crippen LogP contribution in [0.5, 0.6) is 0 Å². The Kier molecular flexibility index (Phi) is 7.49. The molecule has 1 aliphatic heterocycles. The second-order valence-corrected chi connectivity index (χ2v) is 10.2. The van der Waals surface area contributed by atoms with E-state index >= 15 is 0 Å². The molecule has 1 aliphatic rings. The molecule has 0 unspecified atom stereocenters. The molecule has 0 radical (unpaired) electrons. The highest BCUT2D eigenvalue weighted by Crippen LogP contribution is 2.23. The fourth-order valence-corrected chi connectivity index (χ4v) is 5.47. The van der Waals surface area contributed by atoms with Gasteiger partial charge >= 0.3 is 0 Å². The zero-order valence-corrected chi connectivity index (χ0v) is 19.6. The molecule has 0 bridgehead atoms. The van der Waals surface area contributed by atoms with Crippen LogP contribution >= 0.6 is 0 Å². The van der Waals surface area contributed by atoms with Crippen LogP contribution in [0.15, 0.2) is 65.6 Å². The molecule has 1 N–H and O–H groups in total. The number of benzene rings is 2. The zero-order chi connectivity index (χ0) is 24.0. The molecule has 0 atom stereocenters. The molecule has 2 aromatic carbocycles. The first-order valence-electron chi connectivity index (χ1n) is 11.3. The Hall–Kier alpha value is -3.37. The Balaban J connectivity index is 1.32. The number of nitro groups is 1. The highest BCUT2D eigenvalue weighted by molar-refractivity contribution is 7.89. The monoisotopic (exact) mass is 481 g/mol. The zero-order valence-electron chi connectivity index (χ0n) is 18.8. The van der Waals surface area contributed by atoms with Gasteiger partial charge in [-0.15, -0.1) is 10.2 Å². The molecule has 0 spiro atoms. The van der Waals surface area contributed by atoms with Gasteiger partial charge in [-0.05, 0) is 49.1 Å². The molecule has 3 aromatic rings. The molecular weight excluding hydrogens is 454 g/mol. The van der Waals surface area contributed by atoms with E-state index in [4.69, 9.17) is 0 Å².